The van der Waals surface area contributed by atoms with Crippen LogP contribution in [0.3, 0.4) is 0 Å². The van der Waals surface area contributed by atoms with Crippen LogP contribution in [-0.4, -0.2) is 25.7 Å². The molecule has 19 heavy (non-hydrogen) atoms. The number of nitrogens with one attached hydrogen (secondary N) is 1. The Morgan fingerprint density at radius 1 is 1.32 bits per heavy atom. The lowest BCUT2D eigenvalue weighted by molar-refractivity contribution is 0.0951. The molecule has 1 aromatic rings. The van der Waals surface area contributed by atoms with Gasteiger partial charge >= 0.3 is 0 Å². The second-order valence-electron chi connectivity index (χ2n) is 4.99. The lowest BCUT2D eigenvalue weighted by atomic mass is 10.2. The Balaban J connectivity index is 1.79. The van der Waals surface area contributed by atoms with Crippen LogP contribution >= 0.6 is 11.6 Å². The van der Waals surface area contributed by atoms with Gasteiger partial charge in [-0.3, -0.25) is 4.79 Å². The molecule has 0 atom stereocenters. The maximum Gasteiger partial charge on any atom is 0.251 e. The van der Waals surface area contributed by atoms with E-state index in [9.17, 15) is 4.79 Å². The molecule has 0 saturated heterocycles. The van der Waals surface area contributed by atoms with Crippen LogP contribution in [0, 0.1) is 5.92 Å². The van der Waals surface area contributed by atoms with Crippen LogP contribution in [0.2, 0.25) is 5.02 Å². The van der Waals surface area contributed by atoms with Gasteiger partial charge in [0, 0.05) is 18.5 Å². The van der Waals surface area contributed by atoms with Gasteiger partial charge in [0.2, 0.25) is 0 Å². The van der Waals surface area contributed by atoms with Crippen molar-refractivity contribution >= 4 is 17.5 Å². The maximum absolute atomic E-state index is 12.0. The van der Waals surface area contributed by atoms with Crippen LogP contribution < -0.4 is 14.8 Å². The predicted molar refractivity (Wildman–Crippen MR) is 72.1 cm³/mol. The van der Waals surface area contributed by atoms with E-state index in [4.69, 9.17) is 21.1 Å². The minimum atomic E-state index is -0.107. The zero-order chi connectivity index (χ0) is 13.2. The predicted octanol–water partition coefficient (Wildman–Crippen LogP) is 2.64. The van der Waals surface area contributed by atoms with E-state index in [1.807, 2.05) is 0 Å². The van der Waals surface area contributed by atoms with Crippen molar-refractivity contribution in [2.45, 2.75) is 19.3 Å². The number of hydrogen-bond acceptors (Lipinski definition) is 3. The van der Waals surface area contributed by atoms with Gasteiger partial charge in [-0.15, -0.1) is 0 Å². The van der Waals surface area contributed by atoms with Gasteiger partial charge in [-0.2, -0.15) is 0 Å². The highest BCUT2D eigenvalue weighted by atomic mass is 35.5. The average molecular weight is 282 g/mol. The molecule has 0 spiro atoms. The third kappa shape index (κ3) is 2.95. The van der Waals surface area contributed by atoms with Crippen LogP contribution in [-0.2, 0) is 0 Å². The third-order valence-corrected chi connectivity index (χ3v) is 3.59. The smallest absolute Gasteiger partial charge is 0.251 e. The number of halogens is 1. The quantitative estimate of drug-likeness (QED) is 0.926. The van der Waals surface area contributed by atoms with Crippen LogP contribution in [0.4, 0.5) is 0 Å². The summed E-state index contributed by atoms with van der Waals surface area (Å²) in [6.45, 7) is 1.90. The van der Waals surface area contributed by atoms with Gasteiger partial charge < -0.3 is 14.8 Å². The zero-order valence-electron chi connectivity index (χ0n) is 10.6. The molecule has 1 amide bonds. The van der Waals surface area contributed by atoms with Gasteiger partial charge in [0.05, 0.1) is 18.2 Å². The number of rotatable bonds is 3. The van der Waals surface area contributed by atoms with Crippen molar-refractivity contribution in [2.75, 3.05) is 19.8 Å². The first kappa shape index (κ1) is 12.6. The highest BCUT2D eigenvalue weighted by Gasteiger charge is 2.23. The van der Waals surface area contributed by atoms with E-state index in [-0.39, 0.29) is 5.91 Å². The monoisotopic (exact) mass is 281 g/mol. The Hall–Kier alpha value is -1.42. The normalized spacial score (nSPS) is 17.7. The molecule has 1 heterocycles. The molecule has 0 aromatic heterocycles. The molecule has 2 aliphatic rings. The van der Waals surface area contributed by atoms with E-state index in [0.717, 1.165) is 13.0 Å². The first-order chi connectivity index (χ1) is 9.24. The molecule has 3 rings (SSSR count). The molecular weight excluding hydrogens is 266 g/mol. The Labute approximate surface area is 117 Å². The molecule has 0 bridgehead atoms. The summed E-state index contributed by atoms with van der Waals surface area (Å²) in [5.74, 6) is 1.64. The topological polar surface area (TPSA) is 47.6 Å². The Bertz CT molecular complexity index is 500. The minimum Gasteiger partial charge on any atom is -0.489 e. The molecule has 5 heteroatoms. The largest absolute Gasteiger partial charge is 0.489 e. The fourth-order valence-corrected chi connectivity index (χ4v) is 2.29. The fourth-order valence-electron chi connectivity index (χ4n) is 2.02. The highest BCUT2D eigenvalue weighted by molar-refractivity contribution is 6.32. The molecule has 1 aromatic carbocycles. The van der Waals surface area contributed by atoms with Crippen LogP contribution in [0.25, 0.3) is 0 Å². The van der Waals surface area contributed by atoms with Crippen LogP contribution in [0.5, 0.6) is 11.5 Å². The maximum atomic E-state index is 12.0. The van der Waals surface area contributed by atoms with Crippen molar-refractivity contribution in [3.8, 4) is 11.5 Å². The zero-order valence-corrected chi connectivity index (χ0v) is 11.3. The number of ether oxygens (including phenoxy) is 2. The van der Waals surface area contributed by atoms with Gasteiger partial charge in [0.1, 0.15) is 0 Å². The van der Waals surface area contributed by atoms with Crippen molar-refractivity contribution in [1.29, 1.82) is 0 Å². The summed E-state index contributed by atoms with van der Waals surface area (Å²) in [6.07, 6.45) is 3.23. The van der Waals surface area contributed by atoms with Gasteiger partial charge in [-0.1, -0.05) is 11.6 Å². The first-order valence-electron chi connectivity index (χ1n) is 6.61. The lowest BCUT2D eigenvalue weighted by Gasteiger charge is -2.11. The number of amides is 1. The summed E-state index contributed by atoms with van der Waals surface area (Å²) in [5.41, 5.74) is 0.523. The molecule has 1 aliphatic carbocycles. The lowest BCUT2D eigenvalue weighted by Crippen LogP contribution is -2.25. The minimum absolute atomic E-state index is 0.107. The highest BCUT2D eigenvalue weighted by Crippen LogP contribution is 2.38. The van der Waals surface area contributed by atoms with Gasteiger partial charge in [-0.25, -0.2) is 0 Å². The molecule has 1 aliphatic heterocycles. The molecule has 0 radical (unpaired) electrons. The van der Waals surface area contributed by atoms with Crippen molar-refractivity contribution in [2.24, 2.45) is 5.92 Å². The summed E-state index contributed by atoms with van der Waals surface area (Å²) in [5, 5.41) is 3.34. The number of hydrogen-bond donors (Lipinski definition) is 1. The van der Waals surface area contributed by atoms with Crippen molar-refractivity contribution < 1.29 is 14.3 Å². The van der Waals surface area contributed by atoms with Crippen LogP contribution in [0.15, 0.2) is 12.1 Å². The molecule has 0 unspecified atom stereocenters. The average Bonchev–Trinajstić information content (AvgIpc) is 3.22. The number of carbonyl (C=O) groups is 1. The van der Waals surface area contributed by atoms with E-state index in [2.05, 4.69) is 5.32 Å². The fraction of sp³-hybridized carbons (Fsp3) is 0.500. The number of carbonyl (C=O) groups excluding carboxylic acids is 1. The van der Waals surface area contributed by atoms with E-state index in [1.54, 1.807) is 12.1 Å². The number of fused-ring (bicyclic) bond motifs is 1. The Morgan fingerprint density at radius 2 is 2.11 bits per heavy atom. The first-order valence-corrected chi connectivity index (χ1v) is 6.99. The molecule has 1 N–H and O–H groups in total. The van der Waals surface area contributed by atoms with Gasteiger partial charge in [0.15, 0.2) is 11.5 Å². The summed E-state index contributed by atoms with van der Waals surface area (Å²) in [4.78, 5) is 12.0. The summed E-state index contributed by atoms with van der Waals surface area (Å²) < 4.78 is 11.1. The van der Waals surface area contributed by atoms with Crippen molar-refractivity contribution in [1.82, 2.24) is 5.32 Å². The van der Waals surface area contributed by atoms with E-state index >= 15 is 0 Å². The SMILES string of the molecule is O=C(NCC1CC1)c1cc(Cl)c2c(c1)OCCCO2. The van der Waals surface area contributed by atoms with Crippen molar-refractivity contribution in [3.05, 3.63) is 22.7 Å². The second-order valence-corrected chi connectivity index (χ2v) is 5.40. The molecular formula is C14H16ClNO3. The van der Waals surface area contributed by atoms with E-state index in [0.29, 0.717) is 41.2 Å². The van der Waals surface area contributed by atoms with Crippen LogP contribution in [0.1, 0.15) is 29.6 Å². The van der Waals surface area contributed by atoms with E-state index < -0.39 is 0 Å². The molecule has 4 nitrogen and oxygen atoms in total. The standard InChI is InChI=1S/C14H16ClNO3/c15-11-6-10(14(17)16-8-9-2-3-9)7-12-13(11)19-5-1-4-18-12/h6-7,9H,1-5,8H2,(H,16,17). The van der Waals surface area contributed by atoms with Crippen molar-refractivity contribution in [3.63, 3.8) is 0 Å². The summed E-state index contributed by atoms with van der Waals surface area (Å²) in [7, 11) is 0. The van der Waals surface area contributed by atoms with Gasteiger partial charge in [-0.05, 0) is 30.9 Å². The molecule has 1 fully saturated rings. The summed E-state index contributed by atoms with van der Waals surface area (Å²) >= 11 is 6.15. The molecule has 102 valence electrons. The Kier molecular flexibility index (Phi) is 3.51. The number of benzene rings is 1. The van der Waals surface area contributed by atoms with E-state index in [1.165, 1.54) is 12.8 Å². The summed E-state index contributed by atoms with van der Waals surface area (Å²) in [6, 6.07) is 3.34. The van der Waals surface area contributed by atoms with Gasteiger partial charge in [0.25, 0.3) is 5.91 Å². The second kappa shape index (κ2) is 5.29. The third-order valence-electron chi connectivity index (χ3n) is 3.31. The Morgan fingerprint density at radius 3 is 2.89 bits per heavy atom. The molecule has 1 saturated carbocycles.